The van der Waals surface area contributed by atoms with Crippen molar-refractivity contribution >= 4 is 110 Å². The number of thiocarbonyl (C=S) groups is 2. The van der Waals surface area contributed by atoms with Crippen LogP contribution in [0.25, 0.3) is 0 Å². The van der Waals surface area contributed by atoms with Crippen molar-refractivity contribution < 1.29 is 38.6 Å². The van der Waals surface area contributed by atoms with Crippen LogP contribution in [-0.2, 0) is 33.5 Å². The first-order valence-electron chi connectivity index (χ1n) is 30.7. The number of rotatable bonds is 28. The molecule has 0 radical (unpaired) electrons. The molecule has 0 aliphatic heterocycles. The SMILES string of the molecule is CC(=O)CC(C)c1ccc(N(CC(C)C)CC(C)C)c(NC(=S)NC(C)=O)c1.CC(=O)CC(C)c1ccc(N(CC(C)C)CC(C)C)c(NC(N)=S)c1.CC(=O)OC(C)=O.Cc1nc(Nc2cc(C(C)CC(=O)O)ccc2N(CC(C)C)CC(C)C)n[nH]1. The number of H-pyrrole nitrogens is 1. The number of nitrogens with two attached hydrogens (primary N) is 1. The van der Waals surface area contributed by atoms with Crippen LogP contribution in [0.4, 0.5) is 40.1 Å². The van der Waals surface area contributed by atoms with Crippen LogP contribution >= 0.6 is 24.4 Å². The van der Waals surface area contributed by atoms with Crippen molar-refractivity contribution in [3.63, 3.8) is 0 Å². The largest absolute Gasteiger partial charge is 0.481 e. The van der Waals surface area contributed by atoms with Gasteiger partial charge < -0.3 is 61.1 Å². The molecule has 4 rings (SSSR count). The highest BCUT2D eigenvalue weighted by molar-refractivity contribution is 7.80. The number of amides is 1. The highest BCUT2D eigenvalue weighted by Crippen LogP contribution is 2.36. The van der Waals surface area contributed by atoms with Gasteiger partial charge in [-0.1, -0.05) is 122 Å². The van der Waals surface area contributed by atoms with E-state index in [2.05, 4.69) is 182 Å². The molecule has 88 heavy (non-hydrogen) atoms. The van der Waals surface area contributed by atoms with Crippen molar-refractivity contribution in [3.8, 4) is 0 Å². The summed E-state index contributed by atoms with van der Waals surface area (Å²) >= 11 is 10.4. The van der Waals surface area contributed by atoms with E-state index in [1.807, 2.05) is 39.0 Å². The summed E-state index contributed by atoms with van der Waals surface area (Å²) in [5.74, 6) is 2.83. The molecular formula is C67H107N11O8S2. The number of aromatic nitrogens is 3. The fraction of sp³-hybridized carbons (Fsp3) is 0.582. The second-order valence-electron chi connectivity index (χ2n) is 25.6. The minimum Gasteiger partial charge on any atom is -0.481 e. The van der Waals surface area contributed by atoms with E-state index in [1.54, 1.807) is 13.8 Å². The lowest BCUT2D eigenvalue weighted by molar-refractivity contribution is -0.156. The van der Waals surface area contributed by atoms with E-state index in [9.17, 15) is 28.8 Å². The highest BCUT2D eigenvalue weighted by Gasteiger charge is 2.22. The minimum absolute atomic E-state index is 0.0790. The number of aromatic amines is 1. The summed E-state index contributed by atoms with van der Waals surface area (Å²) in [6.45, 7) is 47.1. The van der Waals surface area contributed by atoms with E-state index in [-0.39, 0.29) is 51.9 Å². The van der Waals surface area contributed by atoms with E-state index < -0.39 is 17.9 Å². The van der Waals surface area contributed by atoms with Gasteiger partial charge in [0.05, 0.1) is 40.5 Å². The third-order valence-corrected chi connectivity index (χ3v) is 13.2. The van der Waals surface area contributed by atoms with Crippen LogP contribution < -0.4 is 41.7 Å². The molecule has 1 amide bonds. The molecule has 4 aromatic rings. The molecule has 19 nitrogen and oxygen atoms in total. The lowest BCUT2D eigenvalue weighted by Gasteiger charge is -2.31. The summed E-state index contributed by atoms with van der Waals surface area (Å²) in [7, 11) is 0. The van der Waals surface area contributed by atoms with E-state index in [0.29, 0.717) is 54.3 Å². The van der Waals surface area contributed by atoms with Gasteiger partial charge in [-0.15, -0.1) is 5.10 Å². The molecule has 0 aliphatic rings. The number of aryl methyl sites for hydroxylation is 1. The molecule has 21 heteroatoms. The number of hydrogen-bond acceptors (Lipinski definition) is 15. The van der Waals surface area contributed by atoms with Crippen LogP contribution in [0.5, 0.6) is 0 Å². The Bertz CT molecular complexity index is 2850. The van der Waals surface area contributed by atoms with Gasteiger partial charge in [0.25, 0.3) is 0 Å². The van der Waals surface area contributed by atoms with Crippen molar-refractivity contribution in [2.75, 3.05) is 69.9 Å². The van der Waals surface area contributed by atoms with Crippen molar-refractivity contribution in [1.82, 2.24) is 20.5 Å². The Hall–Kier alpha value is -7.00. The second-order valence-corrected chi connectivity index (χ2v) is 26.4. The molecule has 0 bridgehead atoms. The predicted octanol–water partition coefficient (Wildman–Crippen LogP) is 13.9. The van der Waals surface area contributed by atoms with E-state index in [0.717, 1.165) is 95.9 Å². The highest BCUT2D eigenvalue weighted by atomic mass is 32.1. The average Bonchev–Trinajstić information content (AvgIpc) is 2.26. The smallest absolute Gasteiger partial charge is 0.310 e. The molecule has 0 saturated heterocycles. The number of benzene rings is 3. The van der Waals surface area contributed by atoms with Gasteiger partial charge in [0, 0.05) is 72.9 Å². The summed E-state index contributed by atoms with van der Waals surface area (Å²) in [6, 6.07) is 18.7. The topological polar surface area (TPSA) is 257 Å². The summed E-state index contributed by atoms with van der Waals surface area (Å²) in [5, 5.41) is 29.0. The maximum Gasteiger partial charge on any atom is 0.310 e. The maximum absolute atomic E-state index is 11.5. The van der Waals surface area contributed by atoms with Crippen LogP contribution in [0.1, 0.15) is 198 Å². The maximum atomic E-state index is 11.5. The Morgan fingerprint density at radius 3 is 1.14 bits per heavy atom. The first kappa shape index (κ1) is 79.0. The van der Waals surface area contributed by atoms with Crippen molar-refractivity contribution in [3.05, 3.63) is 77.1 Å². The Kier molecular flexibility index (Phi) is 35.7. The third kappa shape index (κ3) is 32.8. The average molecular weight is 1260 g/mol. The van der Waals surface area contributed by atoms with Crippen LogP contribution in [0, 0.1) is 42.4 Å². The molecule has 3 aromatic carbocycles. The summed E-state index contributed by atoms with van der Waals surface area (Å²) < 4.78 is 3.97. The first-order valence-corrected chi connectivity index (χ1v) is 31.6. The zero-order valence-electron chi connectivity index (χ0n) is 56.7. The Balaban J connectivity index is 0.000000625. The summed E-state index contributed by atoms with van der Waals surface area (Å²) in [5.41, 5.74) is 14.8. The molecule has 1 heterocycles. The standard InChI is InChI=1S/C22H35N3O2S.C21H33N5O2.C20H33N3OS.C4H6O3/c1-14(2)12-25(13-15(3)4)21-9-8-19(16(5)10-17(6)26)11-20(21)24-22(28)23-18(7)27;1-13(2)11-26(12-14(3)4)19-8-7-17(15(5)9-20(27)28)10-18(19)23-21-22-16(6)24-25-21;1-13(2)11-23(12-14(3)4)19-8-7-17(15(5)9-16(6)24)10-18(19)22-20(21)25;1-3(5)7-4(2)6/h8-9,11,14-16H,10,12-13H2,1-7H3,(H2,23,24,27,28);7-8,10,13-15H,9,11-12H2,1-6H3,(H,27,28)(H2,22,23,24,25);7-8,10,13-15H,9,11-12H2,1-6H3,(H3,21,22,25);1-2H3. The number of carbonyl (C=O) groups is 6. The van der Waals surface area contributed by atoms with Crippen LogP contribution in [0.2, 0.25) is 0 Å². The number of anilines is 7. The van der Waals surface area contributed by atoms with Gasteiger partial charge >= 0.3 is 17.9 Å². The molecule has 3 unspecified atom stereocenters. The van der Waals surface area contributed by atoms with E-state index >= 15 is 0 Å². The van der Waals surface area contributed by atoms with Crippen molar-refractivity contribution in [2.24, 2.45) is 41.2 Å². The van der Waals surface area contributed by atoms with Gasteiger partial charge in [0.2, 0.25) is 11.9 Å². The van der Waals surface area contributed by atoms with Gasteiger partial charge in [-0.05, 0) is 152 Å². The van der Waals surface area contributed by atoms with Crippen molar-refractivity contribution in [1.29, 1.82) is 0 Å². The molecule has 490 valence electrons. The molecule has 0 spiro atoms. The summed E-state index contributed by atoms with van der Waals surface area (Å²) in [6.07, 6.45) is 1.13. The van der Waals surface area contributed by atoms with Gasteiger partial charge in [0.1, 0.15) is 17.4 Å². The molecule has 8 N–H and O–H groups in total. The lowest BCUT2D eigenvalue weighted by Crippen LogP contribution is -2.35. The number of carbonyl (C=O) groups excluding carboxylic acids is 5. The number of ketones is 2. The minimum atomic E-state index is -0.795. The molecule has 3 atom stereocenters. The number of carboxylic acids is 1. The lowest BCUT2D eigenvalue weighted by atomic mass is 9.95. The Morgan fingerprint density at radius 2 is 0.864 bits per heavy atom. The fourth-order valence-corrected chi connectivity index (χ4v) is 10.2. The van der Waals surface area contributed by atoms with E-state index in [1.165, 1.54) is 20.8 Å². The zero-order valence-corrected chi connectivity index (χ0v) is 58.3. The second kappa shape index (κ2) is 39.8. The molecular weight excluding hydrogens is 1150 g/mol. The number of hydrogen-bond donors (Lipinski definition) is 7. The number of carboxylic acid groups (broad SMARTS) is 1. The number of ether oxygens (including phenoxy) is 1. The van der Waals surface area contributed by atoms with Gasteiger partial charge in [0.15, 0.2) is 10.2 Å². The number of esters is 2. The Labute approximate surface area is 537 Å². The van der Waals surface area contributed by atoms with E-state index in [4.69, 9.17) is 35.3 Å². The molecule has 0 saturated carbocycles. The predicted molar refractivity (Wildman–Crippen MR) is 370 cm³/mol. The first-order chi connectivity index (χ1) is 40.9. The van der Waals surface area contributed by atoms with Gasteiger partial charge in [-0.25, -0.2) is 0 Å². The van der Waals surface area contributed by atoms with Crippen LogP contribution in [-0.4, -0.2) is 105 Å². The number of nitrogens with one attached hydrogen (secondary N) is 5. The van der Waals surface area contributed by atoms with Gasteiger partial charge in [-0.2, -0.15) is 4.98 Å². The molecule has 1 aromatic heterocycles. The Morgan fingerprint density at radius 1 is 0.534 bits per heavy atom. The summed E-state index contributed by atoms with van der Waals surface area (Å²) in [4.78, 5) is 76.6. The monoisotopic (exact) mass is 1260 g/mol. The third-order valence-electron chi connectivity index (χ3n) is 12.9. The molecule has 0 aliphatic carbocycles. The normalized spacial score (nSPS) is 11.9. The number of aliphatic carboxylic acids is 1. The number of Topliss-reactive ketones (excluding diaryl/α,β-unsaturated/α-hetero) is 2. The van der Waals surface area contributed by atoms with Gasteiger partial charge in [-0.3, -0.25) is 24.3 Å². The molecule has 0 fully saturated rings. The van der Waals surface area contributed by atoms with Crippen LogP contribution in [0.15, 0.2) is 54.6 Å². The van der Waals surface area contributed by atoms with Crippen molar-refractivity contribution in [2.45, 2.75) is 182 Å². The zero-order chi connectivity index (χ0) is 67.3. The van der Waals surface area contributed by atoms with Crippen LogP contribution in [0.3, 0.4) is 0 Å². The quantitative estimate of drug-likeness (QED) is 0.0158. The number of nitrogens with zero attached hydrogens (tertiary/aromatic N) is 5. The fourth-order valence-electron chi connectivity index (χ4n) is 9.81.